The molecule has 28 heavy (non-hydrogen) atoms. The zero-order chi connectivity index (χ0) is 19.8. The average Bonchev–Trinajstić information content (AvgIpc) is 3.27. The van der Waals surface area contributed by atoms with Crippen molar-refractivity contribution in [3.05, 3.63) is 35.9 Å². The quantitative estimate of drug-likeness (QED) is 0.463. The van der Waals surface area contributed by atoms with Gasteiger partial charge in [-0.25, -0.2) is 0 Å². The first kappa shape index (κ1) is 20.6. The summed E-state index contributed by atoms with van der Waals surface area (Å²) in [6.45, 7) is 7.15. The van der Waals surface area contributed by atoms with E-state index in [0.29, 0.717) is 12.6 Å². The topological polar surface area (TPSA) is 57.2 Å². The van der Waals surface area contributed by atoms with Gasteiger partial charge in [0, 0.05) is 26.7 Å². The van der Waals surface area contributed by atoms with Gasteiger partial charge >= 0.3 is 5.97 Å². The SMILES string of the molecule is CCOC(=O)C1CCN(C(=NC)NCC(c2ccccc2)N2CCCC2)CC1. The summed E-state index contributed by atoms with van der Waals surface area (Å²) in [4.78, 5) is 21.3. The fourth-order valence-electron chi connectivity index (χ4n) is 4.29. The van der Waals surface area contributed by atoms with Crippen molar-refractivity contribution in [2.45, 2.75) is 38.6 Å². The van der Waals surface area contributed by atoms with Crippen molar-refractivity contribution in [2.75, 3.05) is 46.4 Å². The Morgan fingerprint density at radius 1 is 1.18 bits per heavy atom. The number of hydrogen-bond donors (Lipinski definition) is 1. The smallest absolute Gasteiger partial charge is 0.309 e. The van der Waals surface area contributed by atoms with Crippen LogP contribution in [-0.4, -0.2) is 68.1 Å². The number of carbonyl (C=O) groups is 1. The lowest BCUT2D eigenvalue weighted by Gasteiger charge is -2.35. The number of rotatable bonds is 6. The largest absolute Gasteiger partial charge is 0.466 e. The van der Waals surface area contributed by atoms with Gasteiger partial charge in [-0.15, -0.1) is 0 Å². The number of piperidine rings is 1. The lowest BCUT2D eigenvalue weighted by atomic mass is 9.97. The number of likely N-dealkylation sites (tertiary alicyclic amines) is 2. The van der Waals surface area contributed by atoms with Crippen LogP contribution in [0.2, 0.25) is 0 Å². The highest BCUT2D eigenvalue weighted by Gasteiger charge is 2.28. The zero-order valence-electron chi connectivity index (χ0n) is 17.3. The fraction of sp³-hybridized carbons (Fsp3) is 0.636. The second-order valence-corrected chi connectivity index (χ2v) is 7.61. The Labute approximate surface area is 168 Å². The van der Waals surface area contributed by atoms with Gasteiger partial charge in [-0.3, -0.25) is 14.7 Å². The van der Waals surface area contributed by atoms with Gasteiger partial charge in [-0.1, -0.05) is 30.3 Å². The van der Waals surface area contributed by atoms with Crippen LogP contribution in [0.3, 0.4) is 0 Å². The molecule has 6 heteroatoms. The molecule has 0 amide bonds. The van der Waals surface area contributed by atoms with Crippen molar-refractivity contribution >= 4 is 11.9 Å². The normalized spacial score (nSPS) is 20.2. The number of carbonyl (C=O) groups excluding carboxylic acids is 1. The predicted molar refractivity (Wildman–Crippen MR) is 112 cm³/mol. The van der Waals surface area contributed by atoms with E-state index in [-0.39, 0.29) is 11.9 Å². The summed E-state index contributed by atoms with van der Waals surface area (Å²) in [7, 11) is 1.84. The molecule has 2 aliphatic heterocycles. The molecule has 154 valence electrons. The molecule has 2 saturated heterocycles. The molecule has 1 aromatic carbocycles. The molecule has 0 bridgehead atoms. The fourth-order valence-corrected chi connectivity index (χ4v) is 4.29. The van der Waals surface area contributed by atoms with Gasteiger partial charge in [0.2, 0.25) is 0 Å². The third-order valence-corrected chi connectivity index (χ3v) is 5.85. The zero-order valence-corrected chi connectivity index (χ0v) is 17.3. The van der Waals surface area contributed by atoms with E-state index >= 15 is 0 Å². The van der Waals surface area contributed by atoms with Gasteiger partial charge in [-0.05, 0) is 51.3 Å². The molecular formula is C22H34N4O2. The molecule has 6 nitrogen and oxygen atoms in total. The van der Waals surface area contributed by atoms with Gasteiger partial charge in [0.25, 0.3) is 0 Å². The minimum absolute atomic E-state index is 0.0240. The van der Waals surface area contributed by atoms with E-state index in [9.17, 15) is 4.79 Å². The molecule has 0 aromatic heterocycles. The van der Waals surface area contributed by atoms with Gasteiger partial charge in [0.15, 0.2) is 5.96 Å². The number of benzene rings is 1. The van der Waals surface area contributed by atoms with Crippen LogP contribution in [-0.2, 0) is 9.53 Å². The Bertz CT molecular complexity index is 635. The molecule has 1 aromatic rings. The Hall–Kier alpha value is -2.08. The average molecular weight is 387 g/mol. The van der Waals surface area contributed by atoms with Crippen molar-refractivity contribution in [2.24, 2.45) is 10.9 Å². The van der Waals surface area contributed by atoms with Crippen molar-refractivity contribution < 1.29 is 9.53 Å². The maximum absolute atomic E-state index is 12.0. The van der Waals surface area contributed by atoms with E-state index in [1.165, 1.54) is 18.4 Å². The van der Waals surface area contributed by atoms with Crippen LogP contribution >= 0.6 is 0 Å². The van der Waals surface area contributed by atoms with Gasteiger partial charge < -0.3 is 15.0 Å². The number of aliphatic imine (C=N–C) groups is 1. The first-order valence-electron chi connectivity index (χ1n) is 10.6. The second-order valence-electron chi connectivity index (χ2n) is 7.61. The number of ether oxygens (including phenoxy) is 1. The Balaban J connectivity index is 1.57. The molecule has 1 N–H and O–H groups in total. The van der Waals surface area contributed by atoms with Crippen LogP contribution in [0.15, 0.2) is 35.3 Å². The van der Waals surface area contributed by atoms with Crippen LogP contribution in [0.25, 0.3) is 0 Å². The maximum atomic E-state index is 12.0. The molecule has 1 unspecified atom stereocenters. The molecule has 0 aliphatic carbocycles. The highest BCUT2D eigenvalue weighted by molar-refractivity contribution is 5.80. The summed E-state index contributed by atoms with van der Waals surface area (Å²) in [6.07, 6.45) is 4.21. The number of esters is 1. The molecule has 2 heterocycles. The van der Waals surface area contributed by atoms with E-state index < -0.39 is 0 Å². The van der Waals surface area contributed by atoms with Gasteiger partial charge in [-0.2, -0.15) is 0 Å². The molecule has 0 radical (unpaired) electrons. The Kier molecular flexibility index (Phi) is 7.71. The number of guanidine groups is 1. The maximum Gasteiger partial charge on any atom is 0.309 e. The standard InChI is InChI=1S/C22H34N4O2/c1-3-28-21(27)19-11-15-26(16-12-19)22(23-2)24-17-20(25-13-7-8-14-25)18-9-5-4-6-10-18/h4-6,9-10,19-20H,3,7-8,11-17H2,1-2H3,(H,23,24). The lowest BCUT2D eigenvalue weighted by molar-refractivity contribution is -0.149. The first-order valence-corrected chi connectivity index (χ1v) is 10.6. The summed E-state index contributed by atoms with van der Waals surface area (Å²) >= 11 is 0. The molecule has 0 spiro atoms. The van der Waals surface area contributed by atoms with E-state index in [1.807, 2.05) is 14.0 Å². The van der Waals surface area contributed by atoms with E-state index in [2.05, 4.69) is 50.4 Å². The highest BCUT2D eigenvalue weighted by Crippen LogP contribution is 2.25. The van der Waals surface area contributed by atoms with Crippen molar-refractivity contribution in [1.29, 1.82) is 0 Å². The summed E-state index contributed by atoms with van der Waals surface area (Å²) in [5, 5.41) is 3.60. The van der Waals surface area contributed by atoms with Crippen LogP contribution in [0.1, 0.15) is 44.2 Å². The minimum Gasteiger partial charge on any atom is -0.466 e. The van der Waals surface area contributed by atoms with E-state index in [4.69, 9.17) is 4.74 Å². The third-order valence-electron chi connectivity index (χ3n) is 5.85. The first-order chi connectivity index (χ1) is 13.7. The monoisotopic (exact) mass is 386 g/mol. The van der Waals surface area contributed by atoms with Crippen molar-refractivity contribution in [3.8, 4) is 0 Å². The number of nitrogens with one attached hydrogen (secondary N) is 1. The highest BCUT2D eigenvalue weighted by atomic mass is 16.5. The molecule has 2 fully saturated rings. The van der Waals surface area contributed by atoms with Crippen LogP contribution < -0.4 is 5.32 Å². The summed E-state index contributed by atoms with van der Waals surface area (Å²) in [5.41, 5.74) is 1.35. The van der Waals surface area contributed by atoms with Crippen LogP contribution in [0, 0.1) is 5.92 Å². The van der Waals surface area contributed by atoms with Gasteiger partial charge in [0.05, 0.1) is 18.6 Å². The predicted octanol–water partition coefficient (Wildman–Crippen LogP) is 2.67. The van der Waals surface area contributed by atoms with Gasteiger partial charge in [0.1, 0.15) is 0 Å². The second kappa shape index (κ2) is 10.5. The summed E-state index contributed by atoms with van der Waals surface area (Å²) < 4.78 is 5.18. The third kappa shape index (κ3) is 5.25. The van der Waals surface area contributed by atoms with Crippen molar-refractivity contribution in [3.63, 3.8) is 0 Å². The number of hydrogen-bond acceptors (Lipinski definition) is 4. The molecular weight excluding hydrogens is 352 g/mol. The van der Waals surface area contributed by atoms with Crippen molar-refractivity contribution in [1.82, 2.24) is 15.1 Å². The number of nitrogens with zero attached hydrogens (tertiary/aromatic N) is 3. The molecule has 0 saturated carbocycles. The van der Waals surface area contributed by atoms with E-state index in [1.54, 1.807) is 0 Å². The summed E-state index contributed by atoms with van der Waals surface area (Å²) in [6, 6.07) is 11.1. The van der Waals surface area contributed by atoms with Crippen LogP contribution in [0.4, 0.5) is 0 Å². The van der Waals surface area contributed by atoms with Crippen LogP contribution in [0.5, 0.6) is 0 Å². The summed E-state index contributed by atoms with van der Waals surface area (Å²) in [5.74, 6) is 0.904. The minimum atomic E-state index is -0.0525. The molecule has 2 aliphatic rings. The molecule has 3 rings (SSSR count). The Morgan fingerprint density at radius 3 is 2.46 bits per heavy atom. The van der Waals surface area contributed by atoms with E-state index in [0.717, 1.165) is 51.5 Å². The lowest BCUT2D eigenvalue weighted by Crippen LogP contribution is -2.48. The Morgan fingerprint density at radius 2 is 1.86 bits per heavy atom. The molecule has 1 atom stereocenters.